The number of hydrogen-bond acceptors (Lipinski definition) is 11. The second-order valence-corrected chi connectivity index (χ2v) is 9.61. The molecule has 0 radical (unpaired) electrons. The van der Waals surface area contributed by atoms with Crippen LogP contribution in [0.5, 0.6) is 0 Å². The number of nitrogens with zero attached hydrogens (tertiary/aromatic N) is 3. The van der Waals surface area contributed by atoms with Crippen molar-refractivity contribution in [2.45, 2.75) is 64.5 Å². The third kappa shape index (κ3) is 16.1. The van der Waals surface area contributed by atoms with Gasteiger partial charge in [-0.1, -0.05) is 0 Å². The molecule has 1 fully saturated rings. The summed E-state index contributed by atoms with van der Waals surface area (Å²) in [6.07, 6.45) is -0.673. The first-order valence-corrected chi connectivity index (χ1v) is 13.5. The summed E-state index contributed by atoms with van der Waals surface area (Å²) in [4.78, 5) is 97.3. The van der Waals surface area contributed by atoms with E-state index in [9.17, 15) is 54.0 Å². The molecule has 20 heteroatoms. The Labute approximate surface area is 263 Å². The van der Waals surface area contributed by atoms with Crippen LogP contribution in [-0.2, 0) is 55.4 Å². The average Bonchev–Trinajstić information content (AvgIpc) is 2.95. The zero-order chi connectivity index (χ0) is 32.5. The van der Waals surface area contributed by atoms with Gasteiger partial charge in [-0.25, -0.2) is 15.2 Å². The van der Waals surface area contributed by atoms with Crippen molar-refractivity contribution in [2.24, 2.45) is 0 Å². The summed E-state index contributed by atoms with van der Waals surface area (Å²) in [5.74, 6) is -5.82. The van der Waals surface area contributed by atoms with Crippen LogP contribution in [0, 0.1) is 0 Å². The zero-order valence-corrected chi connectivity index (χ0v) is 25.5. The van der Waals surface area contributed by atoms with Gasteiger partial charge in [0, 0.05) is 56.8 Å². The number of hydrogen-bond donors (Lipinski definition) is 8. The van der Waals surface area contributed by atoms with E-state index in [-0.39, 0.29) is 75.2 Å². The van der Waals surface area contributed by atoms with E-state index >= 15 is 0 Å². The Bertz CT molecular complexity index is 1050. The summed E-state index contributed by atoms with van der Waals surface area (Å²) >= 11 is 0. The van der Waals surface area contributed by atoms with E-state index in [1.54, 1.807) is 0 Å². The fourth-order valence-corrected chi connectivity index (χ4v) is 3.60. The minimum absolute atomic E-state index is 0. The Morgan fingerprint density at radius 3 is 1.86 bits per heavy atom. The van der Waals surface area contributed by atoms with Gasteiger partial charge in [0.2, 0.25) is 47.3 Å². The molecule has 0 unspecified atom stereocenters. The fourth-order valence-electron chi connectivity index (χ4n) is 3.60. The molecule has 0 aromatic rings. The van der Waals surface area contributed by atoms with E-state index in [0.717, 1.165) is 13.8 Å². The van der Waals surface area contributed by atoms with Gasteiger partial charge in [0.05, 0.1) is 26.2 Å². The van der Waals surface area contributed by atoms with E-state index in [2.05, 4.69) is 26.6 Å². The van der Waals surface area contributed by atoms with Gasteiger partial charge in [-0.2, -0.15) is 0 Å². The standard InChI is InChI=1S/C24H40N8O11.Fe/c1-15(33)30(41)10-4-6-22(38)32(43)12-8-17-23(39)27-13-20(36)25-9-3-5-19(35)26-14-21(37)28-18(24(40)29-17)7-11-31(42)16(2)34;/h17-18,41-43H,3-14H2,1-2H3,(H,25,36)(H,26,35)(H,27,39)(H,28,37)(H,29,40);/t17-,18-;/m1./s1. The van der Waals surface area contributed by atoms with E-state index in [1.807, 2.05) is 0 Å². The molecule has 0 aromatic carbocycles. The molecule has 250 valence electrons. The quantitative estimate of drug-likeness (QED) is 0.0637. The van der Waals surface area contributed by atoms with Gasteiger partial charge in [0.15, 0.2) is 0 Å². The number of nitrogens with one attached hydrogen (secondary N) is 5. The summed E-state index contributed by atoms with van der Waals surface area (Å²) in [7, 11) is 0. The van der Waals surface area contributed by atoms with Gasteiger partial charge >= 0.3 is 0 Å². The summed E-state index contributed by atoms with van der Waals surface area (Å²) in [6, 6.07) is -2.83. The van der Waals surface area contributed by atoms with Gasteiger partial charge in [-0.05, 0) is 25.7 Å². The van der Waals surface area contributed by atoms with Gasteiger partial charge in [-0.15, -0.1) is 0 Å². The maximum atomic E-state index is 13.2. The van der Waals surface area contributed by atoms with Crippen LogP contribution in [0.1, 0.15) is 52.4 Å². The molecule has 1 aliphatic heterocycles. The van der Waals surface area contributed by atoms with Gasteiger partial charge in [-0.3, -0.25) is 54.0 Å². The Balaban J connectivity index is 0.0000185. The Hall–Kier alpha value is -3.84. The van der Waals surface area contributed by atoms with E-state index in [0.29, 0.717) is 15.2 Å². The first-order valence-electron chi connectivity index (χ1n) is 13.5. The smallest absolute Gasteiger partial charge is 0.245 e. The van der Waals surface area contributed by atoms with Crippen LogP contribution < -0.4 is 26.6 Å². The molecule has 2 atom stereocenters. The van der Waals surface area contributed by atoms with Crippen molar-refractivity contribution in [3.8, 4) is 0 Å². The van der Waals surface area contributed by atoms with E-state index in [4.69, 9.17) is 0 Å². The molecule has 1 rings (SSSR count). The molecule has 0 aliphatic carbocycles. The van der Waals surface area contributed by atoms with E-state index in [1.165, 1.54) is 0 Å². The Morgan fingerprint density at radius 2 is 1.25 bits per heavy atom. The Kier molecular flexibility index (Phi) is 19.1. The fraction of sp³-hybridized carbons (Fsp3) is 0.667. The monoisotopic (exact) mass is 672 g/mol. The number of carbonyl (C=O) groups excluding carboxylic acids is 8. The van der Waals surface area contributed by atoms with Crippen molar-refractivity contribution in [1.82, 2.24) is 41.8 Å². The first-order chi connectivity index (χ1) is 20.2. The number of hydroxylamine groups is 6. The normalized spacial score (nSPS) is 18.6. The molecule has 1 aliphatic rings. The second kappa shape index (κ2) is 21.0. The van der Waals surface area contributed by atoms with Crippen molar-refractivity contribution in [1.29, 1.82) is 0 Å². The van der Waals surface area contributed by atoms with Gasteiger partial charge in [0.25, 0.3) is 0 Å². The van der Waals surface area contributed by atoms with Crippen LogP contribution in [0.2, 0.25) is 0 Å². The molecule has 8 amide bonds. The first kappa shape index (κ1) is 40.2. The van der Waals surface area contributed by atoms with Crippen LogP contribution in [0.25, 0.3) is 0 Å². The zero-order valence-electron chi connectivity index (χ0n) is 24.4. The molecule has 8 N–H and O–H groups in total. The second-order valence-electron chi connectivity index (χ2n) is 9.61. The third-order valence-electron chi connectivity index (χ3n) is 6.09. The van der Waals surface area contributed by atoms with Crippen LogP contribution >= 0.6 is 0 Å². The number of amides is 8. The van der Waals surface area contributed by atoms with Crippen molar-refractivity contribution in [3.63, 3.8) is 0 Å². The molecule has 1 saturated heterocycles. The topological polar surface area (TPSA) is 267 Å². The van der Waals surface area contributed by atoms with Crippen LogP contribution in [-0.4, -0.2) is 129 Å². The molecule has 1 heterocycles. The average molecular weight is 672 g/mol. The molecule has 0 bridgehead atoms. The molecule has 19 nitrogen and oxygen atoms in total. The minimum Gasteiger partial charge on any atom is -0.355 e. The molecular formula is C24H40FeN8O11. The third-order valence-corrected chi connectivity index (χ3v) is 6.09. The predicted octanol–water partition coefficient (Wildman–Crippen LogP) is -3.65. The minimum atomic E-state index is -1.43. The van der Waals surface area contributed by atoms with Crippen molar-refractivity contribution < 1.29 is 71.0 Å². The van der Waals surface area contributed by atoms with Crippen molar-refractivity contribution in [2.75, 3.05) is 39.3 Å². The molecular weight excluding hydrogens is 632 g/mol. The largest absolute Gasteiger partial charge is 0.355 e. The van der Waals surface area contributed by atoms with Crippen LogP contribution in [0.3, 0.4) is 0 Å². The van der Waals surface area contributed by atoms with Crippen LogP contribution in [0.15, 0.2) is 0 Å². The molecule has 0 saturated carbocycles. The summed E-state index contributed by atoms with van der Waals surface area (Å²) in [5, 5.41) is 42.2. The SMILES string of the molecule is CC(=O)N(O)CCCC(=O)N(O)CC[C@H]1NC(=O)[C@@H](CCN(O)C(C)=O)NC(=O)CNC(=O)CCCNC(=O)CNC1=O.[Fe]. The van der Waals surface area contributed by atoms with E-state index < -0.39 is 79.0 Å². The van der Waals surface area contributed by atoms with Gasteiger partial charge < -0.3 is 26.6 Å². The summed E-state index contributed by atoms with van der Waals surface area (Å²) in [5.41, 5.74) is 0. The maximum absolute atomic E-state index is 13.2. The summed E-state index contributed by atoms with van der Waals surface area (Å²) in [6.45, 7) is 0.285. The Morgan fingerprint density at radius 1 is 0.705 bits per heavy atom. The predicted molar refractivity (Wildman–Crippen MR) is 142 cm³/mol. The van der Waals surface area contributed by atoms with Gasteiger partial charge in [0.1, 0.15) is 12.1 Å². The van der Waals surface area contributed by atoms with Crippen molar-refractivity contribution >= 4 is 47.3 Å². The van der Waals surface area contributed by atoms with Crippen molar-refractivity contribution in [3.05, 3.63) is 0 Å². The molecule has 0 spiro atoms. The number of rotatable bonds is 10. The number of carbonyl (C=O) groups is 8. The molecule has 0 aromatic heterocycles. The van der Waals surface area contributed by atoms with Crippen LogP contribution in [0.4, 0.5) is 0 Å². The maximum Gasteiger partial charge on any atom is 0.245 e. The molecule has 44 heavy (non-hydrogen) atoms. The summed E-state index contributed by atoms with van der Waals surface area (Å²) < 4.78 is 0.